The molecule has 0 aromatic heterocycles. The van der Waals surface area contributed by atoms with Crippen LogP contribution in [0.1, 0.15) is 12.8 Å². The number of carboxylic acid groups (broad SMARTS) is 2. The summed E-state index contributed by atoms with van der Waals surface area (Å²) < 4.78 is 0. The van der Waals surface area contributed by atoms with E-state index in [1.165, 1.54) is 0 Å². The van der Waals surface area contributed by atoms with Gasteiger partial charge in [-0.25, -0.2) is 0 Å². The summed E-state index contributed by atoms with van der Waals surface area (Å²) in [6, 6.07) is -1.10. The molecule has 0 unspecified atom stereocenters. The van der Waals surface area contributed by atoms with Gasteiger partial charge in [0.25, 0.3) is 0 Å². The molecule has 0 saturated carbocycles. The van der Waals surface area contributed by atoms with Gasteiger partial charge in [0, 0.05) is 5.97 Å². The van der Waals surface area contributed by atoms with Crippen LogP contribution < -0.4 is 40.4 Å². The summed E-state index contributed by atoms with van der Waals surface area (Å²) in [6.45, 7) is 0. The van der Waals surface area contributed by atoms with Gasteiger partial charge in [0.1, 0.15) is 6.04 Å². The zero-order chi connectivity index (χ0) is 8.15. The molecule has 0 spiro atoms. The number of aliphatic carboxylic acids is 2. The van der Waals surface area contributed by atoms with Crippen LogP contribution in [0.4, 0.5) is 0 Å². The van der Waals surface area contributed by atoms with Crippen molar-refractivity contribution < 1.29 is 49.4 Å². The van der Waals surface area contributed by atoms with Crippen molar-refractivity contribution in [1.29, 1.82) is 0 Å². The Morgan fingerprint density at radius 2 is 2.00 bits per heavy atom. The standard InChI is InChI=1S/C5H9NO4.Na/c6-3(5(9)10)1-2-4(7)8;/h3H,1-2,6H2,(H,7,8)(H,9,10);/q;+1/p-1/t3-;/m0./s1/i6+1;. The maximum atomic E-state index is 9.97. The molecule has 3 N–H and O–H groups in total. The van der Waals surface area contributed by atoms with Crippen molar-refractivity contribution in [3.8, 4) is 0 Å². The molecule has 0 aliphatic rings. The Balaban J connectivity index is 0. The van der Waals surface area contributed by atoms with Crippen molar-refractivity contribution in [3.05, 3.63) is 0 Å². The van der Waals surface area contributed by atoms with Crippen LogP contribution in [-0.4, -0.2) is 23.1 Å². The average molecular weight is 170 g/mol. The first kappa shape index (κ1) is 13.5. The normalized spacial score (nSPS) is 11.4. The van der Waals surface area contributed by atoms with Gasteiger partial charge < -0.3 is 20.7 Å². The minimum atomic E-state index is -1.28. The molecule has 11 heavy (non-hydrogen) atoms. The molecule has 0 bridgehead atoms. The summed E-state index contributed by atoms with van der Waals surface area (Å²) in [5.41, 5.74) is 4.97. The minimum absolute atomic E-state index is 0. The molecule has 0 rings (SSSR count). The van der Waals surface area contributed by atoms with E-state index in [1.54, 1.807) is 0 Å². The third-order valence-electron chi connectivity index (χ3n) is 0.977. The summed E-state index contributed by atoms with van der Waals surface area (Å²) in [7, 11) is 0. The predicted molar refractivity (Wildman–Crippen MR) is 29.9 cm³/mol. The number of hydrogen-bond acceptors (Lipinski definition) is 4. The molecule has 1 atom stereocenters. The van der Waals surface area contributed by atoms with E-state index in [9.17, 15) is 14.7 Å². The first-order valence-electron chi connectivity index (χ1n) is 2.72. The van der Waals surface area contributed by atoms with Crippen molar-refractivity contribution >= 4 is 11.9 Å². The van der Waals surface area contributed by atoms with E-state index in [-0.39, 0.29) is 42.4 Å². The number of carbonyl (C=O) groups excluding carboxylic acids is 1. The maximum absolute atomic E-state index is 9.97. The summed E-state index contributed by atoms with van der Waals surface area (Å²) >= 11 is 0. The first-order chi connectivity index (χ1) is 4.54. The third-order valence-corrected chi connectivity index (χ3v) is 0.977. The molecule has 0 saturated heterocycles. The Morgan fingerprint density at radius 1 is 1.55 bits per heavy atom. The summed E-state index contributed by atoms with van der Waals surface area (Å²) in [5.74, 6) is -2.47. The Hall–Kier alpha value is -0.100. The number of nitrogens with two attached hydrogens (primary N) is 1. The van der Waals surface area contributed by atoms with E-state index < -0.39 is 18.0 Å². The van der Waals surface area contributed by atoms with Gasteiger partial charge in [-0.15, -0.1) is 0 Å². The minimum Gasteiger partial charge on any atom is -0.550 e. The van der Waals surface area contributed by atoms with E-state index in [4.69, 9.17) is 10.8 Å². The zero-order valence-corrected chi connectivity index (χ0v) is 8.24. The van der Waals surface area contributed by atoms with Crippen molar-refractivity contribution in [1.82, 2.24) is 0 Å². The van der Waals surface area contributed by atoms with Gasteiger partial charge in [-0.3, -0.25) is 4.79 Å². The summed E-state index contributed by atoms with van der Waals surface area (Å²) in [4.78, 5) is 19.7. The van der Waals surface area contributed by atoms with Gasteiger partial charge in [-0.2, -0.15) is 0 Å². The van der Waals surface area contributed by atoms with Crippen LogP contribution in [0.15, 0.2) is 0 Å². The average Bonchev–Trinajstić information content (AvgIpc) is 1.82. The molecule has 0 aliphatic carbocycles. The molecule has 0 aliphatic heterocycles. The second-order valence-corrected chi connectivity index (χ2v) is 1.86. The second kappa shape index (κ2) is 6.60. The van der Waals surface area contributed by atoms with E-state index in [1.807, 2.05) is 0 Å². The zero-order valence-electron chi connectivity index (χ0n) is 6.24. The number of carbonyl (C=O) groups is 2. The fraction of sp³-hybridized carbons (Fsp3) is 0.600. The van der Waals surface area contributed by atoms with Crippen molar-refractivity contribution in [3.63, 3.8) is 0 Å². The van der Waals surface area contributed by atoms with Crippen LogP contribution >= 0.6 is 0 Å². The SMILES string of the molecule is [15NH2][C@@H](CCC(=O)[O-])C(=O)O.[Na+]. The van der Waals surface area contributed by atoms with Crippen LogP contribution in [0, 0.1) is 0 Å². The van der Waals surface area contributed by atoms with Gasteiger partial charge in [0.05, 0.1) is 0 Å². The third kappa shape index (κ3) is 7.80. The van der Waals surface area contributed by atoms with Crippen LogP contribution in [0.25, 0.3) is 0 Å². The van der Waals surface area contributed by atoms with Crippen LogP contribution in [-0.2, 0) is 9.59 Å². The quantitative estimate of drug-likeness (QED) is 0.324. The Kier molecular flexibility index (Phi) is 8.09. The van der Waals surface area contributed by atoms with E-state index in [2.05, 4.69) is 0 Å². The maximum Gasteiger partial charge on any atom is 1.00 e. The van der Waals surface area contributed by atoms with E-state index in [0.29, 0.717) is 0 Å². The second-order valence-electron chi connectivity index (χ2n) is 1.86. The molecule has 0 aromatic carbocycles. The number of carboxylic acids is 2. The Labute approximate surface area is 85.9 Å². The van der Waals surface area contributed by atoms with E-state index >= 15 is 0 Å². The fourth-order valence-electron chi connectivity index (χ4n) is 0.397. The molecular formula is C5H8NNaO4. The molecule has 6 heteroatoms. The molecule has 0 amide bonds. The van der Waals surface area contributed by atoms with Crippen molar-refractivity contribution in [2.24, 2.45) is 5.73 Å². The van der Waals surface area contributed by atoms with Crippen LogP contribution in [0.3, 0.4) is 0 Å². The Morgan fingerprint density at radius 3 is 2.27 bits per heavy atom. The van der Waals surface area contributed by atoms with Crippen LogP contribution in [0.5, 0.6) is 0 Å². The van der Waals surface area contributed by atoms with Crippen LogP contribution in [0.2, 0.25) is 0 Å². The smallest absolute Gasteiger partial charge is 0.550 e. The molecule has 0 aromatic rings. The molecule has 58 valence electrons. The van der Waals surface area contributed by atoms with Gasteiger partial charge in [0.15, 0.2) is 0 Å². The van der Waals surface area contributed by atoms with Gasteiger partial charge in [-0.05, 0) is 12.8 Å². The number of rotatable bonds is 4. The molecule has 0 radical (unpaired) electrons. The predicted octanol–water partition coefficient (Wildman–Crippen LogP) is -5.07. The largest absolute Gasteiger partial charge is 1.00 e. The van der Waals surface area contributed by atoms with Crippen molar-refractivity contribution in [2.45, 2.75) is 18.9 Å². The fourth-order valence-corrected chi connectivity index (χ4v) is 0.397. The molecular weight excluding hydrogens is 162 g/mol. The van der Waals surface area contributed by atoms with E-state index in [0.717, 1.165) is 0 Å². The van der Waals surface area contributed by atoms with Gasteiger partial charge >= 0.3 is 35.5 Å². The van der Waals surface area contributed by atoms with Crippen molar-refractivity contribution in [2.75, 3.05) is 0 Å². The molecule has 0 fully saturated rings. The molecule has 0 heterocycles. The number of hydrogen-bond donors (Lipinski definition) is 2. The monoisotopic (exact) mass is 170 g/mol. The first-order valence-corrected chi connectivity index (χ1v) is 2.72. The van der Waals surface area contributed by atoms with Gasteiger partial charge in [0.2, 0.25) is 0 Å². The Bertz CT molecular complexity index is 149. The van der Waals surface area contributed by atoms with Gasteiger partial charge in [-0.1, -0.05) is 0 Å². The topological polar surface area (TPSA) is 103 Å². The molecule has 5 nitrogen and oxygen atoms in total. The summed E-state index contributed by atoms with van der Waals surface area (Å²) in [5, 5.41) is 17.9. The summed E-state index contributed by atoms with van der Waals surface area (Å²) in [6.07, 6.45) is -0.398.